The van der Waals surface area contributed by atoms with E-state index in [9.17, 15) is 14.4 Å². The van der Waals surface area contributed by atoms with Crippen LogP contribution < -0.4 is 20.8 Å². The van der Waals surface area contributed by atoms with Gasteiger partial charge < -0.3 is 15.4 Å². The van der Waals surface area contributed by atoms with Gasteiger partial charge in [-0.15, -0.1) is 0 Å². The van der Waals surface area contributed by atoms with Crippen molar-refractivity contribution in [3.63, 3.8) is 0 Å². The second-order valence-corrected chi connectivity index (χ2v) is 7.96. The van der Waals surface area contributed by atoms with Crippen LogP contribution in [-0.2, 0) is 20.8 Å². The van der Waals surface area contributed by atoms with Crippen LogP contribution in [0.1, 0.15) is 18.1 Å². The van der Waals surface area contributed by atoms with Crippen molar-refractivity contribution in [3.8, 4) is 5.75 Å². The van der Waals surface area contributed by atoms with Gasteiger partial charge in [0.25, 0.3) is 5.91 Å². The van der Waals surface area contributed by atoms with Gasteiger partial charge in [-0.2, -0.15) is 5.10 Å². The predicted octanol–water partition coefficient (Wildman–Crippen LogP) is 4.66. The summed E-state index contributed by atoms with van der Waals surface area (Å²) in [5, 5.41) is 9.34. The summed E-state index contributed by atoms with van der Waals surface area (Å²) < 4.78 is 5.56. The lowest BCUT2D eigenvalue weighted by molar-refractivity contribution is -0.136. The molecule has 0 aliphatic rings. The Morgan fingerprint density at radius 1 is 0.914 bits per heavy atom. The molecule has 0 radical (unpaired) electrons. The lowest BCUT2D eigenvalue weighted by Crippen LogP contribution is -2.32. The molecule has 0 aliphatic heterocycles. The number of hydrazone groups is 1. The van der Waals surface area contributed by atoms with Gasteiger partial charge >= 0.3 is 11.8 Å². The molecule has 35 heavy (non-hydrogen) atoms. The van der Waals surface area contributed by atoms with Crippen LogP contribution in [0, 0.1) is 0 Å². The van der Waals surface area contributed by atoms with Gasteiger partial charge in [-0.05, 0) is 47.9 Å². The third kappa shape index (κ3) is 7.56. The van der Waals surface area contributed by atoms with Crippen molar-refractivity contribution in [2.75, 3.05) is 17.2 Å². The molecule has 8 nitrogen and oxygen atoms in total. The molecule has 0 spiro atoms. The monoisotopic (exact) mass is 512 g/mol. The number of carbonyl (C=O) groups is 3. The zero-order valence-corrected chi connectivity index (χ0v) is 20.2. The molecule has 0 aromatic heterocycles. The number of hydrogen-bond acceptors (Lipinski definition) is 5. The van der Waals surface area contributed by atoms with Crippen LogP contribution in [0.15, 0.2) is 71.8 Å². The van der Waals surface area contributed by atoms with Crippen molar-refractivity contribution in [2.45, 2.75) is 13.3 Å². The highest BCUT2D eigenvalue weighted by molar-refractivity contribution is 6.45. The molecule has 180 valence electrons. The quantitative estimate of drug-likeness (QED) is 0.231. The lowest BCUT2D eigenvalue weighted by atomic mass is 10.1. The van der Waals surface area contributed by atoms with E-state index in [1.165, 1.54) is 12.3 Å². The Balaban J connectivity index is 1.50. The first kappa shape index (κ1) is 25.7. The normalized spacial score (nSPS) is 10.6. The number of ether oxygens (including phenoxy) is 1. The van der Waals surface area contributed by atoms with Crippen molar-refractivity contribution in [1.29, 1.82) is 0 Å². The van der Waals surface area contributed by atoms with Crippen LogP contribution in [0.2, 0.25) is 10.0 Å². The number of aryl methyl sites for hydroxylation is 1. The molecule has 0 saturated heterocycles. The number of para-hydroxylation sites is 1. The maximum Gasteiger partial charge on any atom is 0.329 e. The van der Waals surface area contributed by atoms with E-state index < -0.39 is 11.8 Å². The van der Waals surface area contributed by atoms with Gasteiger partial charge in [-0.3, -0.25) is 14.4 Å². The molecule has 3 amide bonds. The van der Waals surface area contributed by atoms with Gasteiger partial charge in [0.05, 0.1) is 21.9 Å². The number of carbonyl (C=O) groups excluding carboxylic acids is 3. The fraction of sp³-hybridized carbons (Fsp3) is 0.120. The standard InChI is InChI=1S/C25H22Cl2N4O4/c1-2-17-8-3-4-11-20(17)29-22(32)15-35-18-9-5-7-16(13-18)14-28-31-25(34)24(33)30-21-12-6-10-19(26)23(21)27/h3-14H,2,15H2,1H3,(H,29,32)(H,30,33)(H,31,34)/b28-14-. The second-order valence-electron chi connectivity index (χ2n) is 7.17. The average Bonchev–Trinajstić information content (AvgIpc) is 2.86. The Hall–Kier alpha value is -3.88. The summed E-state index contributed by atoms with van der Waals surface area (Å²) in [7, 11) is 0. The van der Waals surface area contributed by atoms with Gasteiger partial charge in [-0.25, -0.2) is 5.43 Å². The Morgan fingerprint density at radius 3 is 2.46 bits per heavy atom. The van der Waals surface area contributed by atoms with E-state index >= 15 is 0 Å². The minimum atomic E-state index is -0.992. The van der Waals surface area contributed by atoms with Crippen LogP contribution in [0.25, 0.3) is 0 Å². The first-order chi connectivity index (χ1) is 16.9. The van der Waals surface area contributed by atoms with E-state index in [1.807, 2.05) is 31.2 Å². The molecule has 0 unspecified atom stereocenters. The molecule has 0 atom stereocenters. The summed E-state index contributed by atoms with van der Waals surface area (Å²) >= 11 is 11.9. The third-order valence-electron chi connectivity index (χ3n) is 4.69. The Morgan fingerprint density at radius 2 is 1.66 bits per heavy atom. The molecule has 0 aliphatic carbocycles. The van der Waals surface area contributed by atoms with Crippen molar-refractivity contribution in [1.82, 2.24) is 5.43 Å². The SMILES string of the molecule is CCc1ccccc1NC(=O)COc1cccc(/C=N\NC(=O)C(=O)Nc2cccc(Cl)c2Cl)c1. The Bertz CT molecular complexity index is 1260. The van der Waals surface area contributed by atoms with Crippen LogP contribution in [0.4, 0.5) is 11.4 Å². The Kier molecular flexibility index (Phi) is 9.23. The zero-order chi connectivity index (χ0) is 25.2. The number of anilines is 2. The van der Waals surface area contributed by atoms with Crippen LogP contribution in [0.5, 0.6) is 5.75 Å². The molecule has 3 rings (SSSR count). The maximum atomic E-state index is 12.3. The molecule has 0 fully saturated rings. The first-order valence-electron chi connectivity index (χ1n) is 10.6. The van der Waals surface area contributed by atoms with Gasteiger partial charge in [0.1, 0.15) is 5.75 Å². The van der Waals surface area contributed by atoms with E-state index in [0.29, 0.717) is 11.3 Å². The smallest absolute Gasteiger partial charge is 0.329 e. The molecule has 3 aromatic rings. The highest BCUT2D eigenvalue weighted by Gasteiger charge is 2.15. The first-order valence-corrected chi connectivity index (χ1v) is 11.3. The second kappa shape index (κ2) is 12.5. The predicted molar refractivity (Wildman–Crippen MR) is 137 cm³/mol. The van der Waals surface area contributed by atoms with E-state index in [4.69, 9.17) is 27.9 Å². The number of rotatable bonds is 8. The molecule has 0 bridgehead atoms. The summed E-state index contributed by atoms with van der Waals surface area (Å²) in [6, 6.07) is 19.0. The van der Waals surface area contributed by atoms with Crippen molar-refractivity contribution < 1.29 is 19.1 Å². The fourth-order valence-electron chi connectivity index (χ4n) is 2.97. The third-order valence-corrected chi connectivity index (χ3v) is 5.51. The maximum absolute atomic E-state index is 12.3. The summed E-state index contributed by atoms with van der Waals surface area (Å²) in [5.41, 5.74) is 4.70. The molecule has 10 heteroatoms. The summed E-state index contributed by atoms with van der Waals surface area (Å²) in [5.74, 6) is -1.80. The zero-order valence-electron chi connectivity index (χ0n) is 18.7. The number of nitrogens with zero attached hydrogens (tertiary/aromatic N) is 1. The molecular weight excluding hydrogens is 491 g/mol. The number of nitrogens with one attached hydrogen (secondary N) is 3. The van der Waals surface area contributed by atoms with E-state index in [2.05, 4.69) is 21.2 Å². The number of benzene rings is 3. The number of hydrogen-bond donors (Lipinski definition) is 3. The van der Waals surface area contributed by atoms with Crippen molar-refractivity contribution >= 4 is 58.5 Å². The van der Waals surface area contributed by atoms with Gasteiger partial charge in [0, 0.05) is 5.69 Å². The minimum absolute atomic E-state index is 0.124. The molecule has 3 N–H and O–H groups in total. The molecular formula is C25H22Cl2N4O4. The van der Waals surface area contributed by atoms with Crippen molar-refractivity contribution in [3.05, 3.63) is 87.9 Å². The fourth-order valence-corrected chi connectivity index (χ4v) is 3.31. The number of halogens is 2. The van der Waals surface area contributed by atoms with Crippen LogP contribution in [0.3, 0.4) is 0 Å². The summed E-state index contributed by atoms with van der Waals surface area (Å²) in [6.45, 7) is 1.83. The summed E-state index contributed by atoms with van der Waals surface area (Å²) in [6.07, 6.45) is 2.13. The minimum Gasteiger partial charge on any atom is -0.484 e. The molecule has 0 heterocycles. The highest BCUT2D eigenvalue weighted by atomic mass is 35.5. The van der Waals surface area contributed by atoms with E-state index in [-0.39, 0.29) is 28.2 Å². The highest BCUT2D eigenvalue weighted by Crippen LogP contribution is 2.29. The Labute approximate surface area is 212 Å². The average molecular weight is 513 g/mol. The lowest BCUT2D eigenvalue weighted by Gasteiger charge is -2.10. The van der Waals surface area contributed by atoms with Gasteiger partial charge in [0.15, 0.2) is 6.61 Å². The van der Waals surface area contributed by atoms with E-state index in [1.54, 1.807) is 36.4 Å². The summed E-state index contributed by atoms with van der Waals surface area (Å²) in [4.78, 5) is 36.3. The van der Waals surface area contributed by atoms with Crippen LogP contribution in [-0.4, -0.2) is 30.5 Å². The largest absolute Gasteiger partial charge is 0.484 e. The van der Waals surface area contributed by atoms with E-state index in [0.717, 1.165) is 17.7 Å². The van der Waals surface area contributed by atoms with Gasteiger partial charge in [-0.1, -0.05) is 66.5 Å². The van der Waals surface area contributed by atoms with Crippen LogP contribution >= 0.6 is 23.2 Å². The van der Waals surface area contributed by atoms with Crippen molar-refractivity contribution in [2.24, 2.45) is 5.10 Å². The topological polar surface area (TPSA) is 109 Å². The molecule has 0 saturated carbocycles. The number of amides is 3. The molecule has 3 aromatic carbocycles. The van der Waals surface area contributed by atoms with Gasteiger partial charge in [0.2, 0.25) is 0 Å².